The second-order valence-corrected chi connectivity index (χ2v) is 7.42. The fourth-order valence-corrected chi connectivity index (χ4v) is 3.36. The number of nitro benzene ring substituents is 1. The first-order valence-corrected chi connectivity index (χ1v) is 10.8. The van der Waals surface area contributed by atoms with Crippen molar-refractivity contribution < 1.29 is 28.7 Å². The minimum Gasteiger partial charge on any atom is -0.497 e. The molecule has 0 aliphatic carbocycles. The van der Waals surface area contributed by atoms with E-state index in [1.54, 1.807) is 57.7 Å². The molecule has 0 atom stereocenters. The molecule has 0 aromatic heterocycles. The van der Waals surface area contributed by atoms with Gasteiger partial charge in [-0.1, -0.05) is 12.2 Å². The van der Waals surface area contributed by atoms with Gasteiger partial charge >= 0.3 is 0 Å². The maximum absolute atomic E-state index is 12.6. The SMILES string of the molecule is COc1ccc(NC(=O)/C=C/c2ccc([N+](=O)[O-])cc2)c(/C=C/c2cc(OC)c(OC)c(OC)c2)c1. The lowest BCUT2D eigenvalue weighted by atomic mass is 10.1. The van der Waals surface area contributed by atoms with Crippen molar-refractivity contribution in [2.75, 3.05) is 33.8 Å². The van der Waals surface area contributed by atoms with Crippen molar-refractivity contribution in [1.29, 1.82) is 0 Å². The predicted molar refractivity (Wildman–Crippen MR) is 139 cm³/mol. The van der Waals surface area contributed by atoms with Crippen LogP contribution in [0.1, 0.15) is 16.7 Å². The molecule has 36 heavy (non-hydrogen) atoms. The number of nitrogens with zero attached hydrogens (tertiary/aromatic N) is 1. The second-order valence-electron chi connectivity index (χ2n) is 7.42. The maximum atomic E-state index is 12.6. The Bertz CT molecular complexity index is 1270. The van der Waals surface area contributed by atoms with Gasteiger partial charge in [-0.05, 0) is 59.7 Å². The van der Waals surface area contributed by atoms with Crippen LogP contribution in [0.2, 0.25) is 0 Å². The molecule has 1 N–H and O–H groups in total. The summed E-state index contributed by atoms with van der Waals surface area (Å²) in [6, 6.07) is 14.8. The van der Waals surface area contributed by atoms with E-state index in [1.165, 1.54) is 25.3 Å². The number of carbonyl (C=O) groups is 1. The zero-order valence-corrected chi connectivity index (χ0v) is 20.3. The Morgan fingerprint density at radius 2 is 1.47 bits per heavy atom. The van der Waals surface area contributed by atoms with Gasteiger partial charge in [0.2, 0.25) is 11.7 Å². The van der Waals surface area contributed by atoms with Crippen LogP contribution in [0.4, 0.5) is 11.4 Å². The monoisotopic (exact) mass is 490 g/mol. The van der Waals surface area contributed by atoms with Crippen molar-refractivity contribution in [2.45, 2.75) is 0 Å². The molecule has 186 valence electrons. The van der Waals surface area contributed by atoms with Crippen molar-refractivity contribution in [3.8, 4) is 23.0 Å². The molecule has 9 heteroatoms. The van der Waals surface area contributed by atoms with Crippen molar-refractivity contribution in [2.24, 2.45) is 0 Å². The van der Waals surface area contributed by atoms with Gasteiger partial charge in [-0.2, -0.15) is 0 Å². The summed E-state index contributed by atoms with van der Waals surface area (Å²) in [5, 5.41) is 13.6. The van der Waals surface area contributed by atoms with Gasteiger partial charge < -0.3 is 24.3 Å². The topological polar surface area (TPSA) is 109 Å². The summed E-state index contributed by atoms with van der Waals surface area (Å²) in [7, 11) is 6.19. The number of nitro groups is 1. The Balaban J connectivity index is 1.84. The number of hydrogen-bond donors (Lipinski definition) is 1. The average molecular weight is 491 g/mol. The molecule has 0 heterocycles. The van der Waals surface area contributed by atoms with Crippen LogP contribution in [0.5, 0.6) is 23.0 Å². The molecule has 1 amide bonds. The van der Waals surface area contributed by atoms with Gasteiger partial charge in [0.25, 0.3) is 5.69 Å². The van der Waals surface area contributed by atoms with Gasteiger partial charge in [0.05, 0.1) is 33.4 Å². The van der Waals surface area contributed by atoms with Crippen LogP contribution in [0.3, 0.4) is 0 Å². The molecule has 0 radical (unpaired) electrons. The summed E-state index contributed by atoms with van der Waals surface area (Å²) >= 11 is 0. The zero-order valence-electron chi connectivity index (χ0n) is 20.3. The predicted octanol–water partition coefficient (Wildman–Crippen LogP) is 5.45. The van der Waals surface area contributed by atoms with Crippen LogP contribution >= 0.6 is 0 Å². The molecule has 0 aliphatic rings. The molecule has 0 unspecified atom stereocenters. The van der Waals surface area contributed by atoms with E-state index >= 15 is 0 Å². The van der Waals surface area contributed by atoms with Crippen molar-refractivity contribution in [3.05, 3.63) is 87.5 Å². The first-order valence-electron chi connectivity index (χ1n) is 10.8. The van der Waals surface area contributed by atoms with E-state index < -0.39 is 4.92 Å². The Morgan fingerprint density at radius 3 is 2.03 bits per heavy atom. The summed E-state index contributed by atoms with van der Waals surface area (Å²) in [5.74, 6) is 1.80. The Hall–Kier alpha value is -4.79. The zero-order chi connectivity index (χ0) is 26.1. The minimum atomic E-state index is -0.475. The van der Waals surface area contributed by atoms with E-state index in [0.717, 1.165) is 5.56 Å². The Labute approximate surface area is 208 Å². The number of methoxy groups -OCH3 is 4. The first kappa shape index (κ1) is 25.8. The van der Waals surface area contributed by atoms with Gasteiger partial charge in [0.15, 0.2) is 11.5 Å². The smallest absolute Gasteiger partial charge is 0.269 e. The number of non-ortho nitro benzene ring substituents is 1. The van der Waals surface area contributed by atoms with Crippen LogP contribution in [-0.4, -0.2) is 39.3 Å². The van der Waals surface area contributed by atoms with Crippen LogP contribution in [-0.2, 0) is 4.79 Å². The summed E-state index contributed by atoms with van der Waals surface area (Å²) in [6.07, 6.45) is 6.62. The maximum Gasteiger partial charge on any atom is 0.269 e. The van der Waals surface area contributed by atoms with Gasteiger partial charge in [0.1, 0.15) is 5.75 Å². The number of anilines is 1. The fraction of sp³-hybridized carbons (Fsp3) is 0.148. The third-order valence-corrected chi connectivity index (χ3v) is 5.19. The van der Waals surface area contributed by atoms with Gasteiger partial charge in [-0.25, -0.2) is 0 Å². The summed E-state index contributed by atoms with van der Waals surface area (Å²) in [6.45, 7) is 0. The molecule has 3 aromatic rings. The van der Waals surface area contributed by atoms with E-state index in [2.05, 4.69) is 5.32 Å². The lowest BCUT2D eigenvalue weighted by Gasteiger charge is -2.13. The first-order chi connectivity index (χ1) is 17.4. The van der Waals surface area contributed by atoms with E-state index in [0.29, 0.717) is 39.8 Å². The average Bonchev–Trinajstić information content (AvgIpc) is 2.90. The van der Waals surface area contributed by atoms with Crippen LogP contribution in [0.25, 0.3) is 18.2 Å². The number of benzene rings is 3. The minimum absolute atomic E-state index is 0.0154. The number of hydrogen-bond acceptors (Lipinski definition) is 7. The quantitative estimate of drug-likeness (QED) is 0.174. The van der Waals surface area contributed by atoms with Crippen molar-refractivity contribution >= 4 is 35.5 Å². The molecule has 0 saturated heterocycles. The standard InChI is InChI=1S/C27H26N2O7/c1-33-22-12-13-23(28-26(30)14-8-18-6-10-21(11-7-18)29(31)32)20(17-22)9-5-19-15-24(34-2)27(36-4)25(16-19)35-3/h5-17H,1-4H3,(H,28,30)/b9-5+,14-8+. The van der Waals surface area contributed by atoms with Crippen molar-refractivity contribution in [1.82, 2.24) is 0 Å². The van der Waals surface area contributed by atoms with Gasteiger partial charge in [0, 0.05) is 29.5 Å². The summed E-state index contributed by atoms with van der Waals surface area (Å²) < 4.78 is 21.5. The molecule has 0 bridgehead atoms. The second kappa shape index (κ2) is 12.1. The highest BCUT2D eigenvalue weighted by Gasteiger charge is 2.12. The molecule has 0 aliphatic heterocycles. The van der Waals surface area contributed by atoms with Crippen molar-refractivity contribution in [3.63, 3.8) is 0 Å². The third-order valence-electron chi connectivity index (χ3n) is 5.19. The largest absolute Gasteiger partial charge is 0.497 e. The number of carbonyl (C=O) groups excluding carboxylic acids is 1. The molecule has 0 spiro atoms. The molecule has 3 aromatic carbocycles. The lowest BCUT2D eigenvalue weighted by Crippen LogP contribution is -2.09. The van der Waals surface area contributed by atoms with E-state index in [4.69, 9.17) is 18.9 Å². The van der Waals surface area contributed by atoms with Gasteiger partial charge in [-0.15, -0.1) is 0 Å². The summed E-state index contributed by atoms with van der Waals surface area (Å²) in [4.78, 5) is 22.9. The molecule has 0 saturated carbocycles. The molecule has 3 rings (SSSR count). The van der Waals surface area contributed by atoms with Gasteiger partial charge in [-0.3, -0.25) is 14.9 Å². The molecular formula is C27H26N2O7. The number of rotatable bonds is 10. The van der Waals surface area contributed by atoms with Crippen LogP contribution in [0, 0.1) is 10.1 Å². The normalized spacial score (nSPS) is 10.9. The fourth-order valence-electron chi connectivity index (χ4n) is 3.36. The van der Waals surface area contributed by atoms with E-state index in [9.17, 15) is 14.9 Å². The van der Waals surface area contributed by atoms with E-state index in [-0.39, 0.29) is 11.6 Å². The van der Waals surface area contributed by atoms with E-state index in [1.807, 2.05) is 24.3 Å². The Kier molecular flexibility index (Phi) is 8.66. The number of ether oxygens (including phenoxy) is 4. The number of nitrogens with one attached hydrogen (secondary N) is 1. The highest BCUT2D eigenvalue weighted by molar-refractivity contribution is 6.03. The highest BCUT2D eigenvalue weighted by atomic mass is 16.6. The summed E-state index contributed by atoms with van der Waals surface area (Å²) in [5.41, 5.74) is 2.71. The molecule has 9 nitrogen and oxygen atoms in total. The number of amides is 1. The van der Waals surface area contributed by atoms with Crippen LogP contribution < -0.4 is 24.3 Å². The highest BCUT2D eigenvalue weighted by Crippen LogP contribution is 2.38. The Morgan fingerprint density at radius 1 is 0.806 bits per heavy atom. The van der Waals surface area contributed by atoms with Crippen LogP contribution in [0.15, 0.2) is 60.7 Å². The third kappa shape index (κ3) is 6.41. The molecular weight excluding hydrogens is 464 g/mol. The molecule has 0 fully saturated rings. The lowest BCUT2D eigenvalue weighted by molar-refractivity contribution is -0.384.